The summed E-state index contributed by atoms with van der Waals surface area (Å²) in [5, 5.41) is 9.40. The second kappa shape index (κ2) is 5.49. The molecule has 0 aromatic heterocycles. The van der Waals surface area contributed by atoms with Crippen LogP contribution in [-0.4, -0.2) is 41.5 Å². The maximum Gasteiger partial charge on any atom is 0.322 e. The number of benzene rings is 1. The Hall–Kier alpha value is -0.470. The number of hydrogen-bond donors (Lipinski definition) is 1. The number of hydrogen-bond acceptors (Lipinski definition) is 4. The third-order valence-corrected chi connectivity index (χ3v) is 6.01. The van der Waals surface area contributed by atoms with Gasteiger partial charge in [0.2, 0.25) is 10.0 Å². The molecular formula is C10H9Cl2NO4S2. The lowest BCUT2D eigenvalue weighted by Crippen LogP contribution is -2.41. The van der Waals surface area contributed by atoms with Crippen LogP contribution in [0.1, 0.15) is 0 Å². The summed E-state index contributed by atoms with van der Waals surface area (Å²) in [7, 11) is -3.92. The molecule has 0 saturated carbocycles. The van der Waals surface area contributed by atoms with Crippen molar-refractivity contribution >= 4 is 51.0 Å². The zero-order valence-electron chi connectivity index (χ0n) is 9.42. The van der Waals surface area contributed by atoms with Crippen LogP contribution in [0.25, 0.3) is 0 Å². The Bertz CT molecular complexity index is 600. The van der Waals surface area contributed by atoms with E-state index >= 15 is 0 Å². The van der Waals surface area contributed by atoms with Crippen LogP contribution in [-0.2, 0) is 14.8 Å². The monoisotopic (exact) mass is 341 g/mol. The first-order chi connectivity index (χ1) is 8.82. The number of carboxylic acids is 1. The van der Waals surface area contributed by atoms with Crippen molar-refractivity contribution in [2.45, 2.75) is 10.9 Å². The van der Waals surface area contributed by atoms with Gasteiger partial charge >= 0.3 is 5.97 Å². The molecule has 0 radical (unpaired) electrons. The van der Waals surface area contributed by atoms with E-state index in [9.17, 15) is 13.2 Å². The molecule has 1 aliphatic rings. The average molecular weight is 342 g/mol. The third-order valence-electron chi connectivity index (χ3n) is 2.57. The second-order valence-electron chi connectivity index (χ2n) is 3.85. The highest BCUT2D eigenvalue weighted by molar-refractivity contribution is 8.00. The van der Waals surface area contributed by atoms with Gasteiger partial charge in [0.05, 0.1) is 10.8 Å². The van der Waals surface area contributed by atoms with E-state index < -0.39 is 22.0 Å². The molecule has 19 heavy (non-hydrogen) atoms. The van der Waals surface area contributed by atoms with Gasteiger partial charge in [0, 0.05) is 15.8 Å². The molecule has 1 atom stereocenters. The molecule has 104 valence electrons. The first-order valence-electron chi connectivity index (χ1n) is 5.11. The predicted octanol–water partition coefficient (Wildman–Crippen LogP) is 2.14. The highest BCUT2D eigenvalue weighted by atomic mass is 35.5. The minimum Gasteiger partial charge on any atom is -0.480 e. The molecule has 1 aliphatic heterocycles. The summed E-state index contributed by atoms with van der Waals surface area (Å²) in [5.74, 6) is -0.839. The lowest BCUT2D eigenvalue weighted by Gasteiger charge is -2.20. The summed E-state index contributed by atoms with van der Waals surface area (Å²) in [6, 6.07) is 2.86. The highest BCUT2D eigenvalue weighted by Gasteiger charge is 2.40. The summed E-state index contributed by atoms with van der Waals surface area (Å²) in [6.45, 7) is 0. The van der Waals surface area contributed by atoms with Gasteiger partial charge in [-0.1, -0.05) is 23.2 Å². The fourth-order valence-electron chi connectivity index (χ4n) is 1.67. The molecule has 0 amide bonds. The quantitative estimate of drug-likeness (QED) is 0.911. The van der Waals surface area contributed by atoms with Crippen LogP contribution < -0.4 is 0 Å². The second-order valence-corrected chi connectivity index (χ2v) is 7.61. The standard InChI is InChI=1S/C10H9Cl2NO4S2/c11-6-1-7(12)3-8(2-6)19(16,17)13-5-18-4-9(13)10(14)15/h1-3,9H,4-5H2,(H,14,15)/t9-/m0/s1. The van der Waals surface area contributed by atoms with E-state index in [0.29, 0.717) is 0 Å². The molecule has 2 rings (SSSR count). The number of halogens is 2. The van der Waals surface area contributed by atoms with Crippen molar-refractivity contribution in [2.24, 2.45) is 0 Å². The van der Waals surface area contributed by atoms with Crippen LogP contribution in [0.3, 0.4) is 0 Å². The molecule has 1 fully saturated rings. The number of carbonyl (C=O) groups is 1. The molecule has 1 aromatic rings. The van der Waals surface area contributed by atoms with Crippen LogP contribution in [0.5, 0.6) is 0 Å². The fourth-order valence-corrected chi connectivity index (χ4v) is 5.53. The Morgan fingerprint density at radius 3 is 2.42 bits per heavy atom. The topological polar surface area (TPSA) is 74.7 Å². The minimum absolute atomic E-state index is 0.0984. The van der Waals surface area contributed by atoms with Gasteiger partial charge < -0.3 is 5.11 Å². The number of thioether (sulfide) groups is 1. The molecule has 9 heteroatoms. The number of sulfonamides is 1. The average Bonchev–Trinajstić information content (AvgIpc) is 2.76. The van der Waals surface area contributed by atoms with Crippen molar-refractivity contribution in [1.82, 2.24) is 4.31 Å². The Morgan fingerprint density at radius 2 is 1.89 bits per heavy atom. The Morgan fingerprint density at radius 1 is 1.32 bits per heavy atom. The van der Waals surface area contributed by atoms with Crippen LogP contribution in [0.2, 0.25) is 10.0 Å². The molecule has 1 aromatic carbocycles. The van der Waals surface area contributed by atoms with Crippen molar-refractivity contribution in [1.29, 1.82) is 0 Å². The van der Waals surface area contributed by atoms with Crippen molar-refractivity contribution in [3.05, 3.63) is 28.2 Å². The molecule has 1 N–H and O–H groups in total. The van der Waals surface area contributed by atoms with E-state index in [-0.39, 0.29) is 26.6 Å². The van der Waals surface area contributed by atoms with E-state index in [1.165, 1.54) is 30.0 Å². The van der Waals surface area contributed by atoms with Gasteiger partial charge in [-0.3, -0.25) is 4.79 Å². The van der Waals surface area contributed by atoms with E-state index in [0.717, 1.165) is 4.31 Å². The summed E-state index contributed by atoms with van der Waals surface area (Å²) in [6.07, 6.45) is 0. The maximum atomic E-state index is 12.4. The van der Waals surface area contributed by atoms with Gasteiger partial charge in [0.15, 0.2) is 0 Å². The van der Waals surface area contributed by atoms with Crippen molar-refractivity contribution in [3.8, 4) is 0 Å². The van der Waals surface area contributed by atoms with Crippen LogP contribution in [0.4, 0.5) is 0 Å². The van der Waals surface area contributed by atoms with Crippen LogP contribution in [0, 0.1) is 0 Å². The summed E-state index contributed by atoms with van der Waals surface area (Å²) >= 11 is 12.8. The molecule has 1 heterocycles. The molecule has 0 spiro atoms. The van der Waals surface area contributed by atoms with Gasteiger partial charge in [-0.2, -0.15) is 4.31 Å². The summed E-state index contributed by atoms with van der Waals surface area (Å²) < 4.78 is 25.7. The number of carboxylic acid groups (broad SMARTS) is 1. The Balaban J connectivity index is 2.44. The van der Waals surface area contributed by atoms with Crippen molar-refractivity contribution in [3.63, 3.8) is 0 Å². The Labute approximate surface area is 124 Å². The lowest BCUT2D eigenvalue weighted by atomic mass is 10.3. The molecule has 5 nitrogen and oxygen atoms in total. The highest BCUT2D eigenvalue weighted by Crippen LogP contribution is 2.31. The summed E-state index contributed by atoms with van der Waals surface area (Å²) in [4.78, 5) is 11.0. The molecule has 0 unspecified atom stereocenters. The number of rotatable bonds is 3. The zero-order valence-corrected chi connectivity index (χ0v) is 12.6. The smallest absolute Gasteiger partial charge is 0.322 e. The first kappa shape index (κ1) is 14.9. The van der Waals surface area contributed by atoms with E-state index in [2.05, 4.69) is 0 Å². The van der Waals surface area contributed by atoms with Gasteiger partial charge in [0.25, 0.3) is 0 Å². The van der Waals surface area contributed by atoms with Gasteiger partial charge in [0.1, 0.15) is 6.04 Å². The molecular weight excluding hydrogens is 333 g/mol. The zero-order chi connectivity index (χ0) is 14.2. The van der Waals surface area contributed by atoms with Gasteiger partial charge in [-0.05, 0) is 18.2 Å². The number of nitrogens with zero attached hydrogens (tertiary/aromatic N) is 1. The minimum atomic E-state index is -3.92. The van der Waals surface area contributed by atoms with E-state index in [1.54, 1.807) is 0 Å². The largest absolute Gasteiger partial charge is 0.480 e. The third kappa shape index (κ3) is 3.00. The van der Waals surface area contributed by atoms with Crippen molar-refractivity contribution in [2.75, 3.05) is 11.6 Å². The van der Waals surface area contributed by atoms with Crippen molar-refractivity contribution < 1.29 is 18.3 Å². The predicted molar refractivity (Wildman–Crippen MR) is 74.2 cm³/mol. The SMILES string of the molecule is O=C(O)[C@@H]1CSCN1S(=O)(=O)c1cc(Cl)cc(Cl)c1. The van der Waals surface area contributed by atoms with Gasteiger partial charge in [-0.15, -0.1) is 11.8 Å². The van der Waals surface area contributed by atoms with E-state index in [4.69, 9.17) is 28.3 Å². The van der Waals surface area contributed by atoms with Gasteiger partial charge in [-0.25, -0.2) is 8.42 Å². The van der Waals surface area contributed by atoms with E-state index in [1.807, 2.05) is 0 Å². The molecule has 0 bridgehead atoms. The van der Waals surface area contributed by atoms with Crippen LogP contribution >= 0.6 is 35.0 Å². The lowest BCUT2D eigenvalue weighted by molar-refractivity contribution is -0.140. The summed E-state index contributed by atoms with van der Waals surface area (Å²) in [5.41, 5.74) is 0. The van der Waals surface area contributed by atoms with Crippen LogP contribution in [0.15, 0.2) is 23.1 Å². The normalized spacial score (nSPS) is 20.6. The number of aliphatic carboxylic acids is 1. The maximum absolute atomic E-state index is 12.4. The molecule has 1 saturated heterocycles. The molecule has 0 aliphatic carbocycles. The Kier molecular flexibility index (Phi) is 4.32. The fraction of sp³-hybridized carbons (Fsp3) is 0.300. The first-order valence-corrected chi connectivity index (χ1v) is 8.46.